The number of hydroxylamine groups is 1. The van der Waals surface area contributed by atoms with Crippen LogP contribution in [0, 0.1) is 16.0 Å². The molecule has 2 amide bonds. The largest absolute Gasteiger partial charge is 0.459 e. The van der Waals surface area contributed by atoms with Crippen molar-refractivity contribution in [3.63, 3.8) is 0 Å². The zero-order chi connectivity index (χ0) is 25.7. The van der Waals surface area contributed by atoms with E-state index in [1.54, 1.807) is 42.5 Å². The third-order valence-electron chi connectivity index (χ3n) is 6.49. The molecule has 9 nitrogen and oxygen atoms in total. The fourth-order valence-electron chi connectivity index (χ4n) is 4.81. The second-order valence-corrected chi connectivity index (χ2v) is 9.04. The summed E-state index contributed by atoms with van der Waals surface area (Å²) in [7, 11) is 0. The molecule has 184 valence electrons. The average Bonchev–Trinajstić information content (AvgIpc) is 3.60. The maximum atomic E-state index is 13.7. The van der Waals surface area contributed by atoms with Crippen LogP contribution in [0.3, 0.4) is 0 Å². The van der Waals surface area contributed by atoms with E-state index in [0.717, 1.165) is 4.90 Å². The minimum Gasteiger partial charge on any atom is -0.459 e. The smallest absolute Gasteiger partial charge is 0.270 e. The first-order chi connectivity index (χ1) is 17.9. The van der Waals surface area contributed by atoms with Crippen LogP contribution >= 0.6 is 11.6 Å². The molecule has 0 bridgehead atoms. The van der Waals surface area contributed by atoms with Gasteiger partial charge in [-0.25, -0.2) is 9.96 Å². The number of furan rings is 1. The molecule has 0 spiro atoms. The Labute approximate surface area is 215 Å². The van der Waals surface area contributed by atoms with E-state index in [1.165, 1.54) is 23.3 Å². The number of anilines is 2. The number of benzene rings is 3. The number of carbonyl (C=O) groups excluding carboxylic acids is 2. The predicted octanol–water partition coefficient (Wildman–Crippen LogP) is 5.56. The number of nitro benzene ring substituents is 1. The Morgan fingerprint density at radius 1 is 0.838 bits per heavy atom. The van der Waals surface area contributed by atoms with Gasteiger partial charge >= 0.3 is 0 Å². The maximum Gasteiger partial charge on any atom is 0.270 e. The first-order valence-electron chi connectivity index (χ1n) is 11.4. The van der Waals surface area contributed by atoms with Gasteiger partial charge in [-0.1, -0.05) is 48.0 Å². The van der Waals surface area contributed by atoms with Gasteiger partial charge in [0.15, 0.2) is 6.10 Å². The molecule has 0 unspecified atom stereocenters. The van der Waals surface area contributed by atoms with Crippen LogP contribution in [0.15, 0.2) is 95.4 Å². The highest BCUT2D eigenvalue weighted by atomic mass is 35.5. The van der Waals surface area contributed by atoms with Crippen LogP contribution in [0.25, 0.3) is 11.3 Å². The van der Waals surface area contributed by atoms with Gasteiger partial charge in [0.25, 0.3) is 11.6 Å². The van der Waals surface area contributed by atoms with Crippen molar-refractivity contribution in [3.05, 3.63) is 112 Å². The Bertz CT molecular complexity index is 1520. The molecule has 37 heavy (non-hydrogen) atoms. The van der Waals surface area contributed by atoms with E-state index < -0.39 is 34.8 Å². The number of imide groups is 1. The molecule has 0 N–H and O–H groups in total. The van der Waals surface area contributed by atoms with E-state index >= 15 is 0 Å². The summed E-state index contributed by atoms with van der Waals surface area (Å²) in [5, 5.41) is 12.8. The second kappa shape index (κ2) is 8.88. The van der Waals surface area contributed by atoms with Crippen molar-refractivity contribution < 1.29 is 23.8 Å². The lowest BCUT2D eigenvalue weighted by atomic mass is 9.94. The van der Waals surface area contributed by atoms with Gasteiger partial charge in [-0.05, 0) is 42.5 Å². The number of rotatable bonds is 5. The molecule has 2 fully saturated rings. The molecule has 2 aliphatic heterocycles. The van der Waals surface area contributed by atoms with Crippen molar-refractivity contribution in [1.29, 1.82) is 0 Å². The number of fused-ring (bicyclic) bond motifs is 1. The molecule has 1 aromatic heterocycles. The number of halogens is 1. The quantitative estimate of drug-likeness (QED) is 0.194. The molecule has 0 aliphatic carbocycles. The normalized spacial score (nSPS) is 20.9. The van der Waals surface area contributed by atoms with E-state index in [-0.39, 0.29) is 10.7 Å². The number of para-hydroxylation sites is 2. The maximum absolute atomic E-state index is 13.7. The lowest BCUT2D eigenvalue weighted by Crippen LogP contribution is -2.37. The highest BCUT2D eigenvalue weighted by Crippen LogP contribution is 2.48. The highest BCUT2D eigenvalue weighted by Gasteiger charge is 2.61. The van der Waals surface area contributed by atoms with E-state index in [4.69, 9.17) is 20.9 Å². The van der Waals surface area contributed by atoms with Gasteiger partial charge < -0.3 is 4.42 Å². The third kappa shape index (κ3) is 3.76. The second-order valence-electron chi connectivity index (χ2n) is 8.63. The van der Waals surface area contributed by atoms with Crippen molar-refractivity contribution in [3.8, 4) is 11.3 Å². The summed E-state index contributed by atoms with van der Waals surface area (Å²) in [4.78, 5) is 44.8. The van der Waals surface area contributed by atoms with Crippen LogP contribution in [-0.2, 0) is 14.4 Å². The van der Waals surface area contributed by atoms with Crippen molar-refractivity contribution in [1.82, 2.24) is 0 Å². The van der Waals surface area contributed by atoms with E-state index in [9.17, 15) is 19.7 Å². The molecule has 3 heterocycles. The Kier molecular flexibility index (Phi) is 5.51. The Morgan fingerprint density at radius 2 is 1.51 bits per heavy atom. The summed E-state index contributed by atoms with van der Waals surface area (Å²) >= 11 is 6.31. The molecular weight excluding hydrogens is 498 g/mol. The lowest BCUT2D eigenvalue weighted by Gasteiger charge is -2.27. The predicted molar refractivity (Wildman–Crippen MR) is 135 cm³/mol. The van der Waals surface area contributed by atoms with Crippen molar-refractivity contribution in [2.75, 3.05) is 9.96 Å². The lowest BCUT2D eigenvalue weighted by molar-refractivity contribution is -0.384. The summed E-state index contributed by atoms with van der Waals surface area (Å²) in [5.41, 5.74) is 1.44. The first-order valence-corrected chi connectivity index (χ1v) is 11.8. The number of hydrogen-bond donors (Lipinski definition) is 0. The van der Waals surface area contributed by atoms with Crippen LogP contribution < -0.4 is 9.96 Å². The fourth-order valence-corrected chi connectivity index (χ4v) is 5.08. The molecule has 3 aromatic carbocycles. The average molecular weight is 516 g/mol. The Morgan fingerprint density at radius 3 is 2.16 bits per heavy atom. The minimum absolute atomic E-state index is 0.140. The molecule has 10 heteroatoms. The van der Waals surface area contributed by atoms with E-state index in [0.29, 0.717) is 28.5 Å². The number of nitro groups is 1. The highest BCUT2D eigenvalue weighted by molar-refractivity contribution is 6.33. The monoisotopic (exact) mass is 515 g/mol. The van der Waals surface area contributed by atoms with Crippen LogP contribution in [0.5, 0.6) is 0 Å². The fraction of sp³-hybridized carbons (Fsp3) is 0.111. The molecule has 0 saturated carbocycles. The number of non-ortho nitro benzene ring substituents is 1. The van der Waals surface area contributed by atoms with Gasteiger partial charge in [0.2, 0.25) is 5.91 Å². The van der Waals surface area contributed by atoms with Crippen LogP contribution in [0.2, 0.25) is 5.02 Å². The zero-order valence-corrected chi connectivity index (χ0v) is 19.8. The number of carbonyl (C=O) groups is 2. The molecule has 2 saturated heterocycles. The molecule has 2 aliphatic rings. The first kappa shape index (κ1) is 23.0. The standard InChI is InChI=1S/C27H18ClN3O6/c28-20-15-18(31(34)35)11-12-19(20)21-13-14-22(36-21)24-23-25(37-30(24)17-9-5-2-6-10-17)27(33)29(26(23)32)16-7-3-1-4-8-16/h1-15,23-25H/t23-,24+,25+/m0/s1. The molecule has 4 aromatic rings. The molecule has 0 radical (unpaired) electrons. The van der Waals surface area contributed by atoms with Gasteiger partial charge in [-0.2, -0.15) is 0 Å². The zero-order valence-electron chi connectivity index (χ0n) is 19.1. The van der Waals surface area contributed by atoms with Crippen LogP contribution in [-0.4, -0.2) is 22.8 Å². The number of nitrogens with zero attached hydrogens (tertiary/aromatic N) is 3. The van der Waals surface area contributed by atoms with Gasteiger partial charge in [0.05, 0.1) is 21.3 Å². The minimum atomic E-state index is -1.03. The molecule has 3 atom stereocenters. The summed E-state index contributed by atoms with van der Waals surface area (Å²) in [6.45, 7) is 0. The van der Waals surface area contributed by atoms with E-state index in [2.05, 4.69) is 0 Å². The van der Waals surface area contributed by atoms with Crippen LogP contribution in [0.4, 0.5) is 17.1 Å². The van der Waals surface area contributed by atoms with Crippen LogP contribution in [0.1, 0.15) is 11.8 Å². The number of amides is 2. The summed E-state index contributed by atoms with van der Waals surface area (Å²) in [6.07, 6.45) is -1.03. The van der Waals surface area contributed by atoms with Gasteiger partial charge in [-0.15, -0.1) is 0 Å². The number of hydrogen-bond acceptors (Lipinski definition) is 7. The third-order valence-corrected chi connectivity index (χ3v) is 6.80. The van der Waals surface area contributed by atoms with Crippen molar-refractivity contribution in [2.45, 2.75) is 12.1 Å². The summed E-state index contributed by atoms with van der Waals surface area (Å²) in [6, 6.07) is 24.6. The van der Waals surface area contributed by atoms with Gasteiger partial charge in [-0.3, -0.25) is 24.5 Å². The Hall–Kier alpha value is -4.47. The summed E-state index contributed by atoms with van der Waals surface area (Å²) < 4.78 is 6.16. The van der Waals surface area contributed by atoms with E-state index in [1.807, 2.05) is 30.3 Å². The van der Waals surface area contributed by atoms with Gasteiger partial charge in [0.1, 0.15) is 23.5 Å². The topological polar surface area (TPSA) is 106 Å². The molecular formula is C27H18ClN3O6. The van der Waals surface area contributed by atoms with Crippen molar-refractivity contribution >= 4 is 40.5 Å². The SMILES string of the molecule is O=C1[C@H]2[C@@H](c3ccc(-c4ccc([N+](=O)[O-])cc4Cl)o3)N(c3ccccc3)O[C@H]2C(=O)N1c1ccccc1. The van der Waals surface area contributed by atoms with Crippen molar-refractivity contribution in [2.24, 2.45) is 5.92 Å². The summed E-state index contributed by atoms with van der Waals surface area (Å²) in [5.74, 6) is -0.954. The molecule has 6 rings (SSSR count). The van der Waals surface area contributed by atoms with Gasteiger partial charge in [0, 0.05) is 17.7 Å². The Balaban J connectivity index is 1.41.